The summed E-state index contributed by atoms with van der Waals surface area (Å²) >= 11 is 0. The Labute approximate surface area is 163 Å². The topological polar surface area (TPSA) is 88.2 Å². The highest BCUT2D eigenvalue weighted by Gasteiger charge is 2.29. The summed E-state index contributed by atoms with van der Waals surface area (Å²) in [5, 5.41) is 2.83. The molecule has 3 amide bonds. The van der Waals surface area contributed by atoms with Gasteiger partial charge in [-0.15, -0.1) is 0 Å². The summed E-state index contributed by atoms with van der Waals surface area (Å²) in [6.07, 6.45) is 4.00. The van der Waals surface area contributed by atoms with Gasteiger partial charge >= 0.3 is 0 Å². The molecule has 0 aromatic heterocycles. The second-order valence-electron chi connectivity index (χ2n) is 7.39. The molecule has 0 radical (unpaired) electrons. The molecule has 8 heteroatoms. The Balaban J connectivity index is 1.47. The summed E-state index contributed by atoms with van der Waals surface area (Å²) in [6, 6.07) is 5.06. The lowest BCUT2D eigenvalue weighted by Crippen LogP contribution is -2.46. The predicted molar refractivity (Wildman–Crippen MR) is 101 cm³/mol. The van der Waals surface area contributed by atoms with E-state index in [-0.39, 0.29) is 37.0 Å². The average molecular weight is 387 g/mol. The van der Waals surface area contributed by atoms with Crippen LogP contribution in [0, 0.1) is 0 Å². The summed E-state index contributed by atoms with van der Waals surface area (Å²) in [6.45, 7) is 2.44. The third-order valence-corrected chi connectivity index (χ3v) is 5.39. The molecule has 1 atom stereocenters. The summed E-state index contributed by atoms with van der Waals surface area (Å²) < 4.78 is 11.0. The Hall–Kier alpha value is -2.61. The van der Waals surface area contributed by atoms with Crippen molar-refractivity contribution < 1.29 is 23.9 Å². The van der Waals surface area contributed by atoms with Crippen molar-refractivity contribution in [3.63, 3.8) is 0 Å². The number of hydrogen-bond acceptors (Lipinski definition) is 5. The normalized spacial score (nSPS) is 21.4. The van der Waals surface area contributed by atoms with E-state index in [0.717, 1.165) is 45.4 Å². The quantitative estimate of drug-likeness (QED) is 0.813. The fraction of sp³-hybridized carbons (Fsp3) is 0.550. The first-order valence-corrected chi connectivity index (χ1v) is 9.86. The maximum Gasteiger partial charge on any atom is 0.265 e. The first-order chi connectivity index (χ1) is 13.6. The van der Waals surface area contributed by atoms with Crippen molar-refractivity contribution in [2.45, 2.75) is 31.8 Å². The van der Waals surface area contributed by atoms with Crippen molar-refractivity contribution in [1.82, 2.24) is 10.2 Å². The van der Waals surface area contributed by atoms with Crippen LogP contribution in [0.3, 0.4) is 0 Å². The molecule has 0 aliphatic carbocycles. The lowest BCUT2D eigenvalue weighted by atomic mass is 10.1. The van der Waals surface area contributed by atoms with Gasteiger partial charge in [-0.2, -0.15) is 0 Å². The Morgan fingerprint density at radius 3 is 2.75 bits per heavy atom. The van der Waals surface area contributed by atoms with Gasteiger partial charge in [-0.3, -0.25) is 19.3 Å². The minimum absolute atomic E-state index is 0.0429. The zero-order valence-corrected chi connectivity index (χ0v) is 15.8. The van der Waals surface area contributed by atoms with Gasteiger partial charge in [-0.05, 0) is 43.9 Å². The largest absolute Gasteiger partial charge is 0.482 e. The average Bonchev–Trinajstić information content (AvgIpc) is 3.42. The maximum atomic E-state index is 12.7. The first kappa shape index (κ1) is 18.7. The molecule has 8 nitrogen and oxygen atoms in total. The summed E-state index contributed by atoms with van der Waals surface area (Å²) in [5.41, 5.74) is 0.970. The molecule has 2 fully saturated rings. The Morgan fingerprint density at radius 2 is 2.00 bits per heavy atom. The van der Waals surface area contributed by atoms with Crippen LogP contribution in [-0.2, 0) is 14.3 Å². The van der Waals surface area contributed by atoms with Gasteiger partial charge in [0.2, 0.25) is 5.91 Å². The molecule has 3 aliphatic rings. The van der Waals surface area contributed by atoms with Crippen LogP contribution in [0.2, 0.25) is 0 Å². The first-order valence-electron chi connectivity index (χ1n) is 9.86. The number of carbonyl (C=O) groups excluding carboxylic acids is 3. The van der Waals surface area contributed by atoms with Crippen molar-refractivity contribution in [3.05, 3.63) is 23.8 Å². The van der Waals surface area contributed by atoms with Gasteiger partial charge in [0, 0.05) is 31.8 Å². The van der Waals surface area contributed by atoms with Gasteiger partial charge in [-0.1, -0.05) is 0 Å². The Morgan fingerprint density at radius 1 is 1.18 bits per heavy atom. The van der Waals surface area contributed by atoms with Crippen molar-refractivity contribution in [3.8, 4) is 5.75 Å². The third-order valence-electron chi connectivity index (χ3n) is 5.39. The number of carbonyl (C=O) groups is 3. The molecule has 28 heavy (non-hydrogen) atoms. The number of amides is 3. The fourth-order valence-electron chi connectivity index (χ4n) is 3.84. The smallest absolute Gasteiger partial charge is 0.265 e. The zero-order chi connectivity index (χ0) is 19.5. The molecular weight excluding hydrogens is 362 g/mol. The molecule has 1 unspecified atom stereocenters. The molecular formula is C20H25N3O5. The van der Waals surface area contributed by atoms with Crippen LogP contribution >= 0.6 is 0 Å². The van der Waals surface area contributed by atoms with Crippen LogP contribution in [0.15, 0.2) is 18.2 Å². The second-order valence-corrected chi connectivity index (χ2v) is 7.39. The highest BCUT2D eigenvalue weighted by molar-refractivity contribution is 6.04. The Bertz CT molecular complexity index is 769. The number of likely N-dealkylation sites (tertiary alicyclic amines) is 1. The van der Waals surface area contributed by atoms with Crippen molar-refractivity contribution >= 4 is 23.4 Å². The standard InChI is InChI=1S/C20H25N3O5/c24-18(21-11-15-4-3-9-27-15)12-23-16-10-14(20(26)22-7-1-2-8-22)5-6-17(16)28-13-19(23)25/h5-6,10,15H,1-4,7-9,11-13H2,(H,21,24). The van der Waals surface area contributed by atoms with Crippen LogP contribution in [0.4, 0.5) is 5.69 Å². The van der Waals surface area contributed by atoms with Crippen molar-refractivity contribution in [2.75, 3.05) is 44.3 Å². The number of fused-ring (bicyclic) bond motifs is 1. The predicted octanol–water partition coefficient (Wildman–Crippen LogP) is 0.943. The zero-order valence-electron chi connectivity index (χ0n) is 15.8. The van der Waals surface area contributed by atoms with E-state index in [9.17, 15) is 14.4 Å². The van der Waals surface area contributed by atoms with Gasteiger partial charge in [0.25, 0.3) is 11.8 Å². The molecule has 1 aromatic rings. The SMILES string of the molecule is O=C(CN1C(=O)COc2ccc(C(=O)N3CCCC3)cc21)NCC1CCCO1. The lowest BCUT2D eigenvalue weighted by Gasteiger charge is -2.29. The number of hydrogen-bond donors (Lipinski definition) is 1. The van der Waals surface area contributed by atoms with E-state index >= 15 is 0 Å². The number of ether oxygens (including phenoxy) is 2. The van der Waals surface area contributed by atoms with E-state index in [1.165, 1.54) is 4.90 Å². The van der Waals surface area contributed by atoms with Crippen LogP contribution in [0.25, 0.3) is 0 Å². The minimum Gasteiger partial charge on any atom is -0.482 e. The maximum absolute atomic E-state index is 12.7. The van der Waals surface area contributed by atoms with Crippen LogP contribution < -0.4 is 15.0 Å². The number of nitrogens with one attached hydrogen (secondary N) is 1. The van der Waals surface area contributed by atoms with Crippen LogP contribution in [0.5, 0.6) is 5.75 Å². The number of anilines is 1. The molecule has 3 aliphatic heterocycles. The monoisotopic (exact) mass is 387 g/mol. The molecule has 2 saturated heterocycles. The fourth-order valence-corrected chi connectivity index (χ4v) is 3.84. The van der Waals surface area contributed by atoms with E-state index in [0.29, 0.717) is 23.5 Å². The lowest BCUT2D eigenvalue weighted by molar-refractivity contribution is -0.125. The second kappa shape index (κ2) is 8.18. The van der Waals surface area contributed by atoms with E-state index < -0.39 is 0 Å². The molecule has 1 N–H and O–H groups in total. The number of benzene rings is 1. The van der Waals surface area contributed by atoms with Gasteiger partial charge in [0.15, 0.2) is 6.61 Å². The Kier molecular flexibility index (Phi) is 5.47. The molecule has 1 aromatic carbocycles. The van der Waals surface area contributed by atoms with Crippen LogP contribution in [-0.4, -0.2) is 68.1 Å². The number of nitrogens with zero attached hydrogens (tertiary/aromatic N) is 2. The van der Waals surface area contributed by atoms with Gasteiger partial charge < -0.3 is 19.7 Å². The summed E-state index contributed by atoms with van der Waals surface area (Å²) in [5.74, 6) is -0.107. The van der Waals surface area contributed by atoms with Crippen LogP contribution in [0.1, 0.15) is 36.0 Å². The van der Waals surface area contributed by atoms with Crippen molar-refractivity contribution in [1.29, 1.82) is 0 Å². The van der Waals surface area contributed by atoms with E-state index in [1.807, 2.05) is 4.90 Å². The molecule has 0 spiro atoms. The van der Waals surface area contributed by atoms with E-state index in [4.69, 9.17) is 9.47 Å². The van der Waals surface area contributed by atoms with Crippen molar-refractivity contribution in [2.24, 2.45) is 0 Å². The van der Waals surface area contributed by atoms with E-state index in [1.54, 1.807) is 18.2 Å². The van der Waals surface area contributed by atoms with E-state index in [2.05, 4.69) is 5.32 Å². The summed E-state index contributed by atoms with van der Waals surface area (Å²) in [7, 11) is 0. The minimum atomic E-state index is -0.300. The number of rotatable bonds is 5. The third kappa shape index (κ3) is 3.96. The molecule has 4 rings (SSSR count). The van der Waals surface area contributed by atoms with Gasteiger partial charge in [-0.25, -0.2) is 0 Å². The summed E-state index contributed by atoms with van der Waals surface area (Å²) in [4.78, 5) is 40.7. The molecule has 0 saturated carbocycles. The highest BCUT2D eigenvalue weighted by atomic mass is 16.5. The van der Waals surface area contributed by atoms with Gasteiger partial charge in [0.1, 0.15) is 12.3 Å². The molecule has 3 heterocycles. The molecule has 0 bridgehead atoms. The molecule has 150 valence electrons. The highest BCUT2D eigenvalue weighted by Crippen LogP contribution is 2.33. The van der Waals surface area contributed by atoms with Gasteiger partial charge in [0.05, 0.1) is 11.8 Å².